The summed E-state index contributed by atoms with van der Waals surface area (Å²) < 4.78 is 14.2. The highest BCUT2D eigenvalue weighted by atomic mass is 79.9. The lowest BCUT2D eigenvalue weighted by Crippen LogP contribution is -2.40. The Bertz CT molecular complexity index is 414. The monoisotopic (exact) mass is 304 g/mol. The van der Waals surface area contributed by atoms with Crippen molar-refractivity contribution in [1.82, 2.24) is 4.90 Å². The first-order valence-electron chi connectivity index (χ1n) is 5.01. The van der Waals surface area contributed by atoms with Crippen molar-refractivity contribution in [3.05, 3.63) is 34.1 Å². The summed E-state index contributed by atoms with van der Waals surface area (Å²) in [7, 11) is 1.70. The number of nitrogens with two attached hydrogens (primary N) is 1. The normalized spacial score (nSPS) is 12.8. The quantitative estimate of drug-likeness (QED) is 0.864. The predicted molar refractivity (Wildman–Crippen MR) is 66.0 cm³/mol. The molecule has 1 unspecified atom stereocenters. The molecule has 0 saturated carbocycles. The first-order valence-corrected chi connectivity index (χ1v) is 5.80. The van der Waals surface area contributed by atoms with Gasteiger partial charge in [0.05, 0.1) is 0 Å². The van der Waals surface area contributed by atoms with Crippen molar-refractivity contribution in [2.24, 2.45) is 5.73 Å². The zero-order valence-electron chi connectivity index (χ0n) is 9.36. The van der Waals surface area contributed by atoms with Crippen LogP contribution in [0, 0.1) is 5.82 Å². The van der Waals surface area contributed by atoms with Crippen molar-refractivity contribution in [2.75, 3.05) is 13.6 Å². The molecule has 0 bridgehead atoms. The Hall–Kier alpha value is -0.980. The van der Waals surface area contributed by atoms with Crippen LogP contribution in [0.25, 0.3) is 0 Å². The van der Waals surface area contributed by atoms with Crippen LogP contribution in [0.3, 0.4) is 0 Å². The Balaban J connectivity index is 2.64. The summed E-state index contributed by atoms with van der Waals surface area (Å²) in [6, 6.07) is 3.68. The molecule has 0 heterocycles. The van der Waals surface area contributed by atoms with E-state index < -0.39 is 12.0 Å². The van der Waals surface area contributed by atoms with E-state index in [4.69, 9.17) is 10.8 Å². The summed E-state index contributed by atoms with van der Waals surface area (Å²) in [6.07, 6.45) is 0. The van der Waals surface area contributed by atoms with Gasteiger partial charge in [0.25, 0.3) is 0 Å². The molecule has 0 amide bonds. The van der Waals surface area contributed by atoms with Gasteiger partial charge in [0.15, 0.2) is 0 Å². The average molecular weight is 305 g/mol. The highest BCUT2D eigenvalue weighted by Crippen LogP contribution is 2.16. The highest BCUT2D eigenvalue weighted by Gasteiger charge is 2.15. The molecule has 1 aromatic rings. The van der Waals surface area contributed by atoms with Gasteiger partial charge in [-0.25, -0.2) is 4.39 Å². The van der Waals surface area contributed by atoms with Crippen LogP contribution in [0.4, 0.5) is 4.39 Å². The van der Waals surface area contributed by atoms with Crippen molar-refractivity contribution in [2.45, 2.75) is 12.6 Å². The summed E-state index contributed by atoms with van der Waals surface area (Å²) in [5.74, 6) is -1.38. The van der Waals surface area contributed by atoms with Crippen LogP contribution in [0.15, 0.2) is 22.7 Å². The lowest BCUT2D eigenvalue weighted by Gasteiger charge is -2.19. The zero-order chi connectivity index (χ0) is 13.0. The molecule has 1 aromatic carbocycles. The van der Waals surface area contributed by atoms with Gasteiger partial charge in [0.1, 0.15) is 11.9 Å². The van der Waals surface area contributed by atoms with Crippen molar-refractivity contribution in [3.63, 3.8) is 0 Å². The molecule has 0 radical (unpaired) electrons. The topological polar surface area (TPSA) is 66.6 Å². The first kappa shape index (κ1) is 14.1. The number of rotatable bonds is 5. The molecule has 17 heavy (non-hydrogen) atoms. The molecule has 0 aliphatic heterocycles. The molecule has 0 fully saturated rings. The third kappa shape index (κ3) is 4.41. The van der Waals surface area contributed by atoms with Crippen LogP contribution < -0.4 is 5.73 Å². The minimum atomic E-state index is -1.06. The number of carboxylic acid groups (broad SMARTS) is 1. The van der Waals surface area contributed by atoms with Gasteiger partial charge in [0, 0.05) is 23.1 Å². The molecular weight excluding hydrogens is 291 g/mol. The summed E-state index contributed by atoms with van der Waals surface area (Å²) in [4.78, 5) is 12.2. The van der Waals surface area contributed by atoms with Crippen LogP contribution >= 0.6 is 15.9 Å². The Morgan fingerprint density at radius 2 is 2.29 bits per heavy atom. The fourth-order valence-corrected chi connectivity index (χ4v) is 1.84. The maximum Gasteiger partial charge on any atom is 0.321 e. The SMILES string of the molecule is CN(Cc1cc(Br)ccc1F)CC(N)C(=O)O. The first-order chi connectivity index (χ1) is 7.90. The number of halogens is 2. The van der Waals surface area contributed by atoms with Crippen LogP contribution in [-0.2, 0) is 11.3 Å². The van der Waals surface area contributed by atoms with Gasteiger partial charge < -0.3 is 10.8 Å². The predicted octanol–water partition coefficient (Wildman–Crippen LogP) is 1.43. The number of aliphatic carboxylic acids is 1. The smallest absolute Gasteiger partial charge is 0.321 e. The fourth-order valence-electron chi connectivity index (χ4n) is 1.43. The van der Waals surface area contributed by atoms with E-state index in [1.165, 1.54) is 6.07 Å². The van der Waals surface area contributed by atoms with Gasteiger partial charge in [0.2, 0.25) is 0 Å². The molecule has 0 aliphatic carbocycles. The summed E-state index contributed by atoms with van der Waals surface area (Å²) in [6.45, 7) is 0.480. The number of hydrogen-bond donors (Lipinski definition) is 2. The zero-order valence-corrected chi connectivity index (χ0v) is 10.9. The van der Waals surface area contributed by atoms with Crippen molar-refractivity contribution in [3.8, 4) is 0 Å². The number of nitrogens with zero attached hydrogens (tertiary/aromatic N) is 1. The summed E-state index contributed by atoms with van der Waals surface area (Å²) in [5, 5.41) is 8.66. The number of benzene rings is 1. The van der Waals surface area contributed by atoms with Gasteiger partial charge in [-0.1, -0.05) is 15.9 Å². The molecule has 94 valence electrons. The number of likely N-dealkylation sites (N-methyl/N-ethyl adjacent to an activating group) is 1. The van der Waals surface area contributed by atoms with E-state index in [9.17, 15) is 9.18 Å². The van der Waals surface area contributed by atoms with E-state index in [-0.39, 0.29) is 12.4 Å². The third-order valence-corrected chi connectivity index (χ3v) is 2.77. The van der Waals surface area contributed by atoms with Crippen LogP contribution in [0.2, 0.25) is 0 Å². The van der Waals surface area contributed by atoms with Crippen molar-refractivity contribution >= 4 is 21.9 Å². The number of carboxylic acids is 1. The van der Waals surface area contributed by atoms with Crippen LogP contribution in [0.1, 0.15) is 5.56 Å². The second-order valence-corrected chi connectivity index (χ2v) is 4.79. The molecule has 6 heteroatoms. The van der Waals surface area contributed by atoms with Gasteiger partial charge >= 0.3 is 5.97 Å². The van der Waals surface area contributed by atoms with Crippen molar-refractivity contribution < 1.29 is 14.3 Å². The molecule has 0 aromatic heterocycles. The maximum absolute atomic E-state index is 13.4. The van der Waals surface area contributed by atoms with E-state index in [0.717, 1.165) is 4.47 Å². The molecule has 0 spiro atoms. The Kier molecular flexibility index (Phi) is 5.04. The van der Waals surface area contributed by atoms with E-state index in [1.54, 1.807) is 24.1 Å². The lowest BCUT2D eigenvalue weighted by molar-refractivity contribution is -0.138. The maximum atomic E-state index is 13.4. The third-order valence-electron chi connectivity index (χ3n) is 2.27. The van der Waals surface area contributed by atoms with Crippen molar-refractivity contribution in [1.29, 1.82) is 0 Å². The van der Waals surface area contributed by atoms with Gasteiger partial charge in [-0.2, -0.15) is 0 Å². The van der Waals surface area contributed by atoms with E-state index >= 15 is 0 Å². The van der Waals surface area contributed by atoms with Gasteiger partial charge in [-0.05, 0) is 25.2 Å². The second-order valence-electron chi connectivity index (χ2n) is 3.88. The van der Waals surface area contributed by atoms with Crippen LogP contribution in [-0.4, -0.2) is 35.6 Å². The summed E-state index contributed by atoms with van der Waals surface area (Å²) in [5.41, 5.74) is 5.89. The number of hydrogen-bond acceptors (Lipinski definition) is 3. The molecule has 1 atom stereocenters. The standard InChI is InChI=1S/C11H14BrFN2O2/c1-15(6-10(14)11(16)17)5-7-4-8(12)2-3-9(7)13/h2-4,10H,5-6,14H2,1H3,(H,16,17). The van der Waals surface area contributed by atoms with E-state index in [0.29, 0.717) is 12.1 Å². The summed E-state index contributed by atoms with van der Waals surface area (Å²) >= 11 is 3.26. The minimum Gasteiger partial charge on any atom is -0.480 e. The molecule has 1 rings (SSSR count). The number of carbonyl (C=O) groups is 1. The molecular formula is C11H14BrFN2O2. The van der Waals surface area contributed by atoms with E-state index in [1.807, 2.05) is 0 Å². The molecule has 0 saturated heterocycles. The Morgan fingerprint density at radius 1 is 1.65 bits per heavy atom. The molecule has 3 N–H and O–H groups in total. The molecule has 0 aliphatic rings. The largest absolute Gasteiger partial charge is 0.480 e. The average Bonchev–Trinajstić information content (AvgIpc) is 2.23. The van der Waals surface area contributed by atoms with Gasteiger partial charge in [-0.3, -0.25) is 9.69 Å². The highest BCUT2D eigenvalue weighted by molar-refractivity contribution is 9.10. The van der Waals surface area contributed by atoms with E-state index in [2.05, 4.69) is 15.9 Å². The fraction of sp³-hybridized carbons (Fsp3) is 0.364. The van der Waals surface area contributed by atoms with Gasteiger partial charge in [-0.15, -0.1) is 0 Å². The lowest BCUT2D eigenvalue weighted by atomic mass is 10.2. The second kappa shape index (κ2) is 6.09. The Labute approximate surface area is 107 Å². The Morgan fingerprint density at radius 3 is 2.88 bits per heavy atom. The molecule has 4 nitrogen and oxygen atoms in total. The van der Waals surface area contributed by atoms with Crippen LogP contribution in [0.5, 0.6) is 0 Å². The minimum absolute atomic E-state index is 0.168.